The number of hydrogen-bond acceptors (Lipinski definition) is 5. The Morgan fingerprint density at radius 3 is 2.25 bits per heavy atom. The smallest absolute Gasteiger partial charge is 0.215 e. The van der Waals surface area contributed by atoms with Crippen LogP contribution in [0.3, 0.4) is 0 Å². The van der Waals surface area contributed by atoms with E-state index in [0.717, 1.165) is 11.8 Å². The maximum atomic E-state index is 11.8. The minimum absolute atomic E-state index is 0.00594. The first-order valence-corrected chi connectivity index (χ1v) is 9.46. The molecule has 7 nitrogen and oxygen atoms in total. The Bertz CT molecular complexity index is 641. The highest BCUT2D eigenvalue weighted by Crippen LogP contribution is 2.08. The molecule has 114 valence electrons. The molecule has 4 N–H and O–H groups in total. The quantitative estimate of drug-likeness (QED) is 0.537. The highest BCUT2D eigenvalue weighted by molar-refractivity contribution is 7.89. The SMILES string of the molecule is CS(=O)(=O)NCCNS(=O)(=O)Cc1cccc(CN)c1. The summed E-state index contributed by atoms with van der Waals surface area (Å²) in [6.07, 6.45) is 1.01. The molecule has 0 aliphatic heterocycles. The van der Waals surface area contributed by atoms with E-state index in [1.807, 2.05) is 6.07 Å². The number of rotatable bonds is 8. The Kier molecular flexibility index (Phi) is 6.08. The Morgan fingerprint density at radius 1 is 1.05 bits per heavy atom. The number of sulfonamides is 2. The molecule has 0 unspecified atom stereocenters. The largest absolute Gasteiger partial charge is 0.326 e. The zero-order chi connectivity index (χ0) is 15.2. The third-order valence-corrected chi connectivity index (χ3v) is 4.48. The molecule has 1 aromatic rings. The molecule has 0 saturated heterocycles. The minimum Gasteiger partial charge on any atom is -0.326 e. The van der Waals surface area contributed by atoms with Gasteiger partial charge in [0, 0.05) is 19.6 Å². The fraction of sp³-hybridized carbons (Fsp3) is 0.455. The summed E-state index contributed by atoms with van der Waals surface area (Å²) >= 11 is 0. The van der Waals surface area contributed by atoms with E-state index in [1.165, 1.54) is 0 Å². The molecule has 1 aromatic carbocycles. The first-order chi connectivity index (χ1) is 9.22. The number of hydrogen-bond donors (Lipinski definition) is 3. The van der Waals surface area contributed by atoms with Crippen molar-refractivity contribution >= 4 is 20.0 Å². The lowest BCUT2D eigenvalue weighted by molar-refractivity contribution is 0.572. The zero-order valence-electron chi connectivity index (χ0n) is 11.2. The first kappa shape index (κ1) is 17.1. The van der Waals surface area contributed by atoms with Gasteiger partial charge in [-0.2, -0.15) is 0 Å². The summed E-state index contributed by atoms with van der Waals surface area (Å²) in [5.74, 6) is -0.167. The van der Waals surface area contributed by atoms with Crippen LogP contribution in [0.5, 0.6) is 0 Å². The number of nitrogens with one attached hydrogen (secondary N) is 2. The van der Waals surface area contributed by atoms with Crippen molar-refractivity contribution in [2.75, 3.05) is 19.3 Å². The van der Waals surface area contributed by atoms with Gasteiger partial charge < -0.3 is 5.73 Å². The molecule has 20 heavy (non-hydrogen) atoms. The van der Waals surface area contributed by atoms with Gasteiger partial charge in [-0.1, -0.05) is 24.3 Å². The first-order valence-electron chi connectivity index (χ1n) is 5.92. The second-order valence-electron chi connectivity index (χ2n) is 4.34. The van der Waals surface area contributed by atoms with Crippen molar-refractivity contribution in [3.05, 3.63) is 35.4 Å². The third-order valence-electron chi connectivity index (χ3n) is 2.40. The molecule has 0 radical (unpaired) electrons. The summed E-state index contributed by atoms with van der Waals surface area (Å²) < 4.78 is 49.8. The van der Waals surface area contributed by atoms with Crippen molar-refractivity contribution < 1.29 is 16.8 Å². The summed E-state index contributed by atoms with van der Waals surface area (Å²) in [7, 11) is -6.81. The second-order valence-corrected chi connectivity index (χ2v) is 7.98. The number of nitrogens with two attached hydrogens (primary N) is 1. The normalized spacial score (nSPS) is 12.5. The lowest BCUT2D eigenvalue weighted by Gasteiger charge is -2.08. The van der Waals surface area contributed by atoms with Crippen molar-refractivity contribution in [2.24, 2.45) is 5.73 Å². The molecule has 0 saturated carbocycles. The van der Waals surface area contributed by atoms with E-state index in [9.17, 15) is 16.8 Å². The Morgan fingerprint density at radius 2 is 1.65 bits per heavy atom. The lowest BCUT2D eigenvalue weighted by atomic mass is 10.1. The molecule has 9 heteroatoms. The van der Waals surface area contributed by atoms with E-state index in [0.29, 0.717) is 12.1 Å². The zero-order valence-corrected chi connectivity index (χ0v) is 12.8. The second kappa shape index (κ2) is 7.14. The molecule has 0 heterocycles. The monoisotopic (exact) mass is 321 g/mol. The van der Waals surface area contributed by atoms with E-state index >= 15 is 0 Å². The van der Waals surface area contributed by atoms with Crippen LogP contribution >= 0.6 is 0 Å². The number of benzene rings is 1. The predicted molar refractivity (Wildman–Crippen MR) is 77.8 cm³/mol. The van der Waals surface area contributed by atoms with Crippen LogP contribution in [-0.2, 0) is 32.3 Å². The van der Waals surface area contributed by atoms with E-state index < -0.39 is 20.0 Å². The molecule has 0 amide bonds. The minimum atomic E-state index is -3.50. The van der Waals surface area contributed by atoms with Crippen LogP contribution in [0, 0.1) is 0 Å². The maximum Gasteiger partial charge on any atom is 0.215 e. The molecule has 0 atom stereocenters. The summed E-state index contributed by atoms with van der Waals surface area (Å²) in [4.78, 5) is 0. The van der Waals surface area contributed by atoms with Crippen LogP contribution in [0.2, 0.25) is 0 Å². The van der Waals surface area contributed by atoms with Crippen molar-refractivity contribution in [1.29, 1.82) is 0 Å². The summed E-state index contributed by atoms with van der Waals surface area (Å²) in [6, 6.07) is 7.00. The standard InChI is InChI=1S/C11H19N3O4S2/c1-19(15,16)13-5-6-14-20(17,18)9-11-4-2-3-10(7-11)8-12/h2-4,7,13-14H,5-6,8-9,12H2,1H3. The van der Waals surface area contributed by atoms with Crippen molar-refractivity contribution in [2.45, 2.75) is 12.3 Å². The molecule has 0 aromatic heterocycles. The fourth-order valence-corrected chi connectivity index (χ4v) is 3.17. The van der Waals surface area contributed by atoms with Gasteiger partial charge in [0.2, 0.25) is 20.0 Å². The van der Waals surface area contributed by atoms with Crippen LogP contribution in [0.4, 0.5) is 0 Å². The molecule has 0 fully saturated rings. The molecule has 0 bridgehead atoms. The van der Waals surface area contributed by atoms with Gasteiger partial charge in [-0.15, -0.1) is 0 Å². The van der Waals surface area contributed by atoms with Crippen LogP contribution in [0.1, 0.15) is 11.1 Å². The van der Waals surface area contributed by atoms with Gasteiger partial charge in [0.25, 0.3) is 0 Å². The Hall–Kier alpha value is -1.00. The fourth-order valence-electron chi connectivity index (χ4n) is 1.56. The van der Waals surface area contributed by atoms with Gasteiger partial charge in [-0.25, -0.2) is 26.3 Å². The molecule has 1 rings (SSSR count). The average Bonchev–Trinajstić information content (AvgIpc) is 2.33. The summed E-state index contributed by atoms with van der Waals surface area (Å²) in [5, 5.41) is 0. The van der Waals surface area contributed by atoms with Gasteiger partial charge in [-0.05, 0) is 11.1 Å². The Balaban J connectivity index is 2.52. The highest BCUT2D eigenvalue weighted by Gasteiger charge is 2.11. The van der Waals surface area contributed by atoms with Gasteiger partial charge in [0.05, 0.1) is 12.0 Å². The molecular formula is C11H19N3O4S2. The summed E-state index contributed by atoms with van der Waals surface area (Å²) in [5.41, 5.74) is 6.98. The molecular weight excluding hydrogens is 302 g/mol. The van der Waals surface area contributed by atoms with Crippen LogP contribution in [0.25, 0.3) is 0 Å². The molecule has 0 spiro atoms. The molecule has 0 aliphatic rings. The van der Waals surface area contributed by atoms with Crippen molar-refractivity contribution in [3.8, 4) is 0 Å². The van der Waals surface area contributed by atoms with E-state index in [2.05, 4.69) is 9.44 Å². The Labute approximate surface area is 119 Å². The van der Waals surface area contributed by atoms with Crippen molar-refractivity contribution in [3.63, 3.8) is 0 Å². The maximum absolute atomic E-state index is 11.8. The van der Waals surface area contributed by atoms with Gasteiger partial charge in [-0.3, -0.25) is 0 Å². The highest BCUT2D eigenvalue weighted by atomic mass is 32.2. The van der Waals surface area contributed by atoms with Crippen molar-refractivity contribution in [1.82, 2.24) is 9.44 Å². The topological polar surface area (TPSA) is 118 Å². The van der Waals surface area contributed by atoms with Gasteiger partial charge in [0.15, 0.2) is 0 Å². The lowest BCUT2D eigenvalue weighted by Crippen LogP contribution is -2.34. The van der Waals surface area contributed by atoms with E-state index in [1.54, 1.807) is 18.2 Å². The molecule has 0 aliphatic carbocycles. The van der Waals surface area contributed by atoms with Gasteiger partial charge >= 0.3 is 0 Å². The third kappa shape index (κ3) is 6.96. The van der Waals surface area contributed by atoms with E-state index in [4.69, 9.17) is 5.73 Å². The van der Waals surface area contributed by atoms with Gasteiger partial charge in [0.1, 0.15) is 0 Å². The van der Waals surface area contributed by atoms with Crippen LogP contribution in [-0.4, -0.2) is 36.2 Å². The van der Waals surface area contributed by atoms with E-state index in [-0.39, 0.29) is 18.8 Å². The summed E-state index contributed by atoms with van der Waals surface area (Å²) in [6.45, 7) is 0.368. The van der Waals surface area contributed by atoms with Crippen LogP contribution in [0.15, 0.2) is 24.3 Å². The average molecular weight is 321 g/mol. The predicted octanol–water partition coefficient (Wildman–Crippen LogP) is -0.886. The van der Waals surface area contributed by atoms with Crippen LogP contribution < -0.4 is 15.2 Å².